The van der Waals surface area contributed by atoms with Crippen molar-refractivity contribution in [3.05, 3.63) is 59.7 Å². The summed E-state index contributed by atoms with van der Waals surface area (Å²) in [6, 6.07) is 6.65. The zero-order chi connectivity index (χ0) is 17.7. The summed E-state index contributed by atoms with van der Waals surface area (Å²) in [6.45, 7) is 7.16. The van der Waals surface area contributed by atoms with E-state index >= 15 is 0 Å². The minimum Gasteiger partial charge on any atom is -0.0936 e. The summed E-state index contributed by atoms with van der Waals surface area (Å²) in [5, 5.41) is 0. The molecule has 0 saturated carbocycles. The van der Waals surface area contributed by atoms with E-state index in [4.69, 9.17) is 0 Å². The summed E-state index contributed by atoms with van der Waals surface area (Å²) in [7, 11) is -9.64. The van der Waals surface area contributed by atoms with Crippen LogP contribution in [0, 0.1) is 34.8 Å². The lowest BCUT2D eigenvalue weighted by Crippen LogP contribution is -3.62. The van der Waals surface area contributed by atoms with Crippen LogP contribution in [-0.2, 0) is 0 Å². The normalized spacial score (nSPS) is 15.2. The van der Waals surface area contributed by atoms with E-state index in [9.17, 15) is 19.4 Å². The number of hydrogen-bond donors (Lipinski definition) is 0. The molecule has 0 unspecified atom stereocenters. The van der Waals surface area contributed by atoms with E-state index in [0.717, 1.165) is 20.3 Å². The molecule has 0 aliphatic rings. The summed E-state index contributed by atoms with van der Waals surface area (Å²) in [4.78, 5) is -1.79. The Morgan fingerprint density at radius 2 is 1.17 bits per heavy atom. The standard InChI is InChI=1S/C16H17F5IS/c1-10-5-12(3)16(13(4)6-10)22-14-7-11(2)8-15(9-14)23(17,18,19,20)21/h5-9H,1-4H3/q+1. The van der Waals surface area contributed by atoms with Crippen LogP contribution in [0.3, 0.4) is 0 Å². The van der Waals surface area contributed by atoms with Gasteiger partial charge in [0.2, 0.25) is 0 Å². The van der Waals surface area contributed by atoms with Crippen molar-refractivity contribution in [2.75, 3.05) is 0 Å². The summed E-state index contributed by atoms with van der Waals surface area (Å²) >= 11 is -0.969. The lowest BCUT2D eigenvalue weighted by molar-refractivity contribution is -0.599. The van der Waals surface area contributed by atoms with Crippen molar-refractivity contribution >= 4 is 10.2 Å². The van der Waals surface area contributed by atoms with Crippen LogP contribution >= 0.6 is 10.2 Å². The SMILES string of the molecule is Cc1cc([I+]c2c(C)cc(C)cc2C)cc(S(F)(F)(F)(F)F)c1. The molecule has 0 saturated heterocycles. The average molecular weight is 463 g/mol. The topological polar surface area (TPSA) is 0 Å². The molecule has 0 aliphatic heterocycles. The monoisotopic (exact) mass is 463 g/mol. The van der Waals surface area contributed by atoms with Crippen molar-refractivity contribution in [2.24, 2.45) is 0 Å². The van der Waals surface area contributed by atoms with Crippen LogP contribution in [-0.4, -0.2) is 0 Å². The van der Waals surface area contributed by atoms with Gasteiger partial charge in [0, 0.05) is 17.2 Å². The Labute approximate surface area is 143 Å². The molecule has 7 heteroatoms. The third-order valence-corrected chi connectivity index (χ3v) is 7.86. The first-order valence-corrected chi connectivity index (χ1v) is 10.8. The van der Waals surface area contributed by atoms with Crippen molar-refractivity contribution in [1.82, 2.24) is 0 Å². The first kappa shape index (κ1) is 18.5. The molecule has 2 aromatic carbocycles. The maximum atomic E-state index is 13.1. The molecule has 2 rings (SSSR count). The first-order chi connectivity index (χ1) is 10.2. The molecular formula is C16H17F5IS+. The molecule has 0 N–H and O–H groups in total. The molecule has 128 valence electrons. The second-order valence-corrected chi connectivity index (χ2v) is 11.0. The smallest absolute Gasteiger partial charge is 0.0936 e. The zero-order valence-corrected chi connectivity index (χ0v) is 16.0. The second-order valence-electron chi connectivity index (χ2n) is 5.74. The van der Waals surface area contributed by atoms with Crippen molar-refractivity contribution in [3.63, 3.8) is 0 Å². The fourth-order valence-electron chi connectivity index (χ4n) is 2.40. The van der Waals surface area contributed by atoms with Crippen LogP contribution < -0.4 is 21.2 Å². The van der Waals surface area contributed by atoms with E-state index in [1.165, 1.54) is 6.92 Å². The molecule has 2 aromatic rings. The molecular weight excluding hydrogens is 446 g/mol. The minimum absolute atomic E-state index is 0.202. The molecule has 0 amide bonds. The van der Waals surface area contributed by atoms with Gasteiger partial charge in [-0.3, -0.25) is 0 Å². The van der Waals surface area contributed by atoms with Crippen LogP contribution in [0.25, 0.3) is 0 Å². The van der Waals surface area contributed by atoms with Gasteiger partial charge in [-0.05, 0) is 45.4 Å². The summed E-state index contributed by atoms with van der Waals surface area (Å²) in [5.41, 5.74) is 3.26. The molecule has 0 aromatic heterocycles. The van der Waals surface area contributed by atoms with E-state index in [2.05, 4.69) is 0 Å². The highest BCUT2D eigenvalue weighted by molar-refractivity contribution is 8.45. The van der Waals surface area contributed by atoms with Gasteiger partial charge < -0.3 is 0 Å². The molecule has 0 spiro atoms. The zero-order valence-electron chi connectivity index (χ0n) is 13.1. The highest BCUT2D eigenvalue weighted by Gasteiger charge is 2.65. The first-order valence-electron chi connectivity index (χ1n) is 6.74. The molecule has 0 radical (unpaired) electrons. The lowest BCUT2D eigenvalue weighted by Gasteiger charge is -2.40. The van der Waals surface area contributed by atoms with E-state index in [-0.39, 0.29) is 5.56 Å². The molecule has 0 bridgehead atoms. The average Bonchev–Trinajstić information content (AvgIpc) is 2.30. The van der Waals surface area contributed by atoms with Gasteiger partial charge in [0.05, 0.1) is 0 Å². The Hall–Kier alpha value is -0.830. The molecule has 23 heavy (non-hydrogen) atoms. The summed E-state index contributed by atoms with van der Waals surface area (Å²) in [6.07, 6.45) is 0. The summed E-state index contributed by atoms with van der Waals surface area (Å²) < 4.78 is 66.7. The third-order valence-electron chi connectivity index (χ3n) is 3.25. The number of aryl methyl sites for hydroxylation is 4. The van der Waals surface area contributed by atoms with Crippen molar-refractivity contribution < 1.29 is 40.6 Å². The van der Waals surface area contributed by atoms with Crippen molar-refractivity contribution in [3.8, 4) is 0 Å². The van der Waals surface area contributed by atoms with Crippen LogP contribution in [0.4, 0.5) is 19.4 Å². The van der Waals surface area contributed by atoms with Crippen molar-refractivity contribution in [2.45, 2.75) is 32.6 Å². The van der Waals surface area contributed by atoms with Crippen molar-refractivity contribution in [1.29, 1.82) is 0 Å². The highest BCUT2D eigenvalue weighted by Crippen LogP contribution is 3.02. The van der Waals surface area contributed by atoms with Gasteiger partial charge >= 0.3 is 31.4 Å². The maximum absolute atomic E-state index is 13.1. The highest BCUT2D eigenvalue weighted by atomic mass is 127. The number of benzene rings is 2. The maximum Gasteiger partial charge on any atom is 0.358 e. The Bertz CT molecular complexity index is 758. The molecule has 0 nitrogen and oxygen atoms in total. The van der Waals surface area contributed by atoms with Gasteiger partial charge in [-0.2, -0.15) is 0 Å². The molecule has 0 atom stereocenters. The number of halogens is 6. The molecule has 0 aliphatic carbocycles. The van der Waals surface area contributed by atoms with Gasteiger partial charge in [-0.15, -0.1) is 0 Å². The molecule has 0 heterocycles. The third kappa shape index (κ3) is 4.59. The fourth-order valence-corrected chi connectivity index (χ4v) is 6.29. The van der Waals surface area contributed by atoms with Crippen LogP contribution in [0.2, 0.25) is 0 Å². The van der Waals surface area contributed by atoms with Gasteiger partial charge in [-0.1, -0.05) is 37.1 Å². The van der Waals surface area contributed by atoms with E-state index in [1.807, 2.05) is 32.9 Å². The largest absolute Gasteiger partial charge is 0.358 e. The van der Waals surface area contributed by atoms with Gasteiger partial charge in [0.1, 0.15) is 4.90 Å². The second kappa shape index (κ2) is 5.08. The van der Waals surface area contributed by atoms with Crippen LogP contribution in [0.1, 0.15) is 22.3 Å². The predicted octanol–water partition coefficient (Wildman–Crippen LogP) is 3.71. The number of rotatable bonds is 3. The van der Waals surface area contributed by atoms with Crippen LogP contribution in [0.15, 0.2) is 35.2 Å². The Kier molecular flexibility index (Phi) is 4.09. The van der Waals surface area contributed by atoms with Gasteiger partial charge in [0.15, 0.2) is 7.14 Å². The van der Waals surface area contributed by atoms with E-state index in [0.29, 0.717) is 15.7 Å². The van der Waals surface area contributed by atoms with Gasteiger partial charge in [-0.25, -0.2) is 0 Å². The van der Waals surface area contributed by atoms with Gasteiger partial charge in [0.25, 0.3) is 0 Å². The molecule has 0 fully saturated rings. The minimum atomic E-state index is -9.64. The predicted molar refractivity (Wildman–Crippen MR) is 80.6 cm³/mol. The van der Waals surface area contributed by atoms with E-state index < -0.39 is 36.3 Å². The van der Waals surface area contributed by atoms with Crippen LogP contribution in [0.5, 0.6) is 0 Å². The fraction of sp³-hybridized carbons (Fsp3) is 0.250. The number of hydrogen-bond acceptors (Lipinski definition) is 0. The summed E-state index contributed by atoms with van der Waals surface area (Å²) in [5.74, 6) is 0. The Morgan fingerprint density at radius 1 is 0.696 bits per heavy atom. The van der Waals surface area contributed by atoms with E-state index in [1.54, 1.807) is 6.07 Å². The Morgan fingerprint density at radius 3 is 1.65 bits per heavy atom. The quantitative estimate of drug-likeness (QED) is 0.481. The lowest BCUT2D eigenvalue weighted by atomic mass is 10.1. The Balaban J connectivity index is 2.54.